The van der Waals surface area contributed by atoms with Gasteiger partial charge in [0, 0.05) is 37.4 Å². The lowest BCUT2D eigenvalue weighted by atomic mass is 9.76. The molecule has 0 spiro atoms. The van der Waals surface area contributed by atoms with Gasteiger partial charge in [-0.1, -0.05) is 11.3 Å². The molecule has 0 amide bonds. The lowest BCUT2D eigenvalue weighted by Gasteiger charge is -2.35. The van der Waals surface area contributed by atoms with Crippen LogP contribution >= 0.6 is 11.3 Å². The van der Waals surface area contributed by atoms with E-state index in [0.717, 1.165) is 30.1 Å². The number of nitrogens with zero attached hydrogens (tertiary/aromatic N) is 3. The van der Waals surface area contributed by atoms with Gasteiger partial charge in [0.15, 0.2) is 0 Å². The smallest absolute Gasteiger partial charge is 0.392 e. The van der Waals surface area contributed by atoms with Gasteiger partial charge in [-0.15, -0.1) is 0 Å². The normalized spacial score (nSPS) is 23.3. The maximum absolute atomic E-state index is 15.5. The molecule has 0 N–H and O–H groups in total. The summed E-state index contributed by atoms with van der Waals surface area (Å²) in [4.78, 5) is 24.1. The topological polar surface area (TPSA) is 68.5 Å². The summed E-state index contributed by atoms with van der Waals surface area (Å²) in [5.74, 6) is 1.44. The van der Waals surface area contributed by atoms with Crippen LogP contribution in [0.25, 0.3) is 0 Å². The van der Waals surface area contributed by atoms with Crippen LogP contribution < -0.4 is 4.74 Å². The number of alkyl halides is 4. The van der Waals surface area contributed by atoms with E-state index in [4.69, 9.17) is 9.15 Å². The number of aromatic nitrogens is 2. The number of thiazole rings is 1. The summed E-state index contributed by atoms with van der Waals surface area (Å²) in [6, 6.07) is 0. The van der Waals surface area contributed by atoms with Gasteiger partial charge in [0.1, 0.15) is 17.2 Å². The first-order valence-electron chi connectivity index (χ1n) is 12.6. The van der Waals surface area contributed by atoms with Gasteiger partial charge in [0.25, 0.3) is 5.19 Å². The molecule has 1 aliphatic heterocycles. The zero-order valence-corrected chi connectivity index (χ0v) is 21.4. The van der Waals surface area contributed by atoms with Crippen LogP contribution in [0.3, 0.4) is 0 Å². The Bertz CT molecular complexity index is 989. The summed E-state index contributed by atoms with van der Waals surface area (Å²) < 4.78 is 63.0. The van der Waals surface area contributed by atoms with Gasteiger partial charge in [-0.2, -0.15) is 13.2 Å². The van der Waals surface area contributed by atoms with E-state index >= 15 is 4.39 Å². The summed E-state index contributed by atoms with van der Waals surface area (Å²) >= 11 is 1.31. The fourth-order valence-electron chi connectivity index (χ4n) is 4.98. The second kappa shape index (κ2) is 11.6. The van der Waals surface area contributed by atoms with Crippen LogP contribution in [0.15, 0.2) is 10.6 Å². The van der Waals surface area contributed by atoms with Crippen molar-refractivity contribution in [2.75, 3.05) is 26.2 Å². The van der Waals surface area contributed by atoms with Crippen molar-refractivity contribution in [1.29, 1.82) is 0 Å². The summed E-state index contributed by atoms with van der Waals surface area (Å²) in [7, 11) is 0. The van der Waals surface area contributed by atoms with Crippen LogP contribution in [0.4, 0.5) is 17.6 Å². The number of fused-ring (bicyclic) bond motifs is 1. The summed E-state index contributed by atoms with van der Waals surface area (Å²) in [5, 5.41) is 0.297. The van der Waals surface area contributed by atoms with Crippen molar-refractivity contribution >= 4 is 17.1 Å². The zero-order chi connectivity index (χ0) is 25.8. The molecule has 1 saturated carbocycles. The number of aryl methyl sites for hydroxylation is 1. The first-order chi connectivity index (χ1) is 17.1. The average molecular weight is 532 g/mol. The van der Waals surface area contributed by atoms with Crippen molar-refractivity contribution < 1.29 is 31.5 Å². The van der Waals surface area contributed by atoms with Gasteiger partial charge in [0.05, 0.1) is 31.3 Å². The summed E-state index contributed by atoms with van der Waals surface area (Å²) in [5.41, 5.74) is -0.321. The van der Waals surface area contributed by atoms with E-state index in [0.29, 0.717) is 68.3 Å². The predicted molar refractivity (Wildman–Crippen MR) is 127 cm³/mol. The molecule has 1 fully saturated rings. The van der Waals surface area contributed by atoms with Crippen LogP contribution in [0.1, 0.15) is 67.2 Å². The number of Topliss-reactive ketones (excluding diaryl/α,β-unsaturated/α-hetero) is 1. The number of ether oxygens (including phenoxy) is 1. The van der Waals surface area contributed by atoms with Gasteiger partial charge < -0.3 is 14.1 Å². The second-order valence-corrected chi connectivity index (χ2v) is 11.1. The third-order valence-electron chi connectivity index (χ3n) is 7.10. The summed E-state index contributed by atoms with van der Waals surface area (Å²) in [6.45, 7) is 3.54. The summed E-state index contributed by atoms with van der Waals surface area (Å²) in [6.07, 6.45) is 1.29. The van der Waals surface area contributed by atoms with E-state index in [2.05, 4.69) is 14.9 Å². The van der Waals surface area contributed by atoms with Crippen molar-refractivity contribution in [3.8, 4) is 5.19 Å². The molecule has 0 atom stereocenters. The molecule has 36 heavy (non-hydrogen) atoms. The number of hydrogen-bond acceptors (Lipinski definition) is 7. The molecule has 2 aromatic heterocycles. The SMILES string of the molecule is Cc1cnc(CC(=O)CC2CCC(F)(CCN3CCc4nc(OCCC(F)(F)F)sc4CC3)CC2)o1. The van der Waals surface area contributed by atoms with E-state index < -0.39 is 24.9 Å². The molecule has 0 aromatic carbocycles. The first-order valence-corrected chi connectivity index (χ1v) is 13.4. The molecule has 11 heteroatoms. The Morgan fingerprint density at radius 2 is 2.03 bits per heavy atom. The Balaban J connectivity index is 1.16. The Morgan fingerprint density at radius 3 is 2.72 bits per heavy atom. The van der Waals surface area contributed by atoms with E-state index in [1.807, 2.05) is 0 Å². The number of oxazole rings is 1. The zero-order valence-electron chi connectivity index (χ0n) is 20.5. The van der Waals surface area contributed by atoms with Crippen molar-refractivity contribution in [2.45, 2.75) is 83.0 Å². The molecular formula is C25H33F4N3O3S. The minimum atomic E-state index is -4.24. The molecule has 1 aliphatic carbocycles. The molecule has 2 aromatic rings. The fraction of sp³-hybridized carbons (Fsp3) is 0.720. The lowest BCUT2D eigenvalue weighted by Crippen LogP contribution is -2.36. The number of carbonyl (C=O) groups excluding carboxylic acids is 1. The van der Waals surface area contributed by atoms with Gasteiger partial charge in [0.2, 0.25) is 5.89 Å². The number of carbonyl (C=O) groups is 1. The number of hydrogen-bond donors (Lipinski definition) is 0. The number of halogens is 4. The molecular weight excluding hydrogens is 498 g/mol. The first kappa shape index (κ1) is 27.0. The van der Waals surface area contributed by atoms with E-state index in [1.165, 1.54) is 11.3 Å². The third-order valence-corrected chi connectivity index (χ3v) is 8.17. The van der Waals surface area contributed by atoms with E-state index in [-0.39, 0.29) is 18.1 Å². The van der Waals surface area contributed by atoms with Crippen LogP contribution in [-0.4, -0.2) is 58.7 Å². The highest BCUT2D eigenvalue weighted by Crippen LogP contribution is 2.39. The Labute approximate surface area is 212 Å². The minimum Gasteiger partial charge on any atom is -0.470 e. The molecule has 4 rings (SSSR count). The molecule has 2 aliphatic rings. The average Bonchev–Trinajstić information content (AvgIpc) is 3.34. The molecule has 6 nitrogen and oxygen atoms in total. The fourth-order valence-corrected chi connectivity index (χ4v) is 5.95. The largest absolute Gasteiger partial charge is 0.470 e. The molecule has 200 valence electrons. The predicted octanol–water partition coefficient (Wildman–Crippen LogP) is 5.66. The van der Waals surface area contributed by atoms with Crippen molar-refractivity contribution in [3.05, 3.63) is 28.4 Å². The van der Waals surface area contributed by atoms with Crippen LogP contribution in [-0.2, 0) is 24.1 Å². The van der Waals surface area contributed by atoms with Crippen LogP contribution in [0.5, 0.6) is 5.19 Å². The monoisotopic (exact) mass is 531 g/mol. The molecule has 0 bridgehead atoms. The van der Waals surface area contributed by atoms with Crippen molar-refractivity contribution in [1.82, 2.24) is 14.9 Å². The van der Waals surface area contributed by atoms with Crippen molar-refractivity contribution in [3.63, 3.8) is 0 Å². The highest BCUT2D eigenvalue weighted by Gasteiger charge is 2.36. The molecule has 0 radical (unpaired) electrons. The Hall–Kier alpha value is -2.01. The number of rotatable bonds is 10. The highest BCUT2D eigenvalue weighted by atomic mass is 32.1. The van der Waals surface area contributed by atoms with Gasteiger partial charge in [-0.3, -0.25) is 4.79 Å². The van der Waals surface area contributed by atoms with Crippen LogP contribution in [0, 0.1) is 12.8 Å². The molecule has 0 unspecified atom stereocenters. The van der Waals surface area contributed by atoms with Crippen LogP contribution in [0.2, 0.25) is 0 Å². The van der Waals surface area contributed by atoms with Gasteiger partial charge in [-0.25, -0.2) is 14.4 Å². The third kappa shape index (κ3) is 7.99. The molecule has 3 heterocycles. The Kier molecular flexibility index (Phi) is 8.70. The van der Waals surface area contributed by atoms with E-state index in [9.17, 15) is 18.0 Å². The quantitative estimate of drug-likeness (QED) is 0.369. The van der Waals surface area contributed by atoms with E-state index in [1.54, 1.807) is 13.1 Å². The lowest BCUT2D eigenvalue weighted by molar-refractivity contribution is -0.139. The second-order valence-electron chi connectivity index (χ2n) is 10.0. The van der Waals surface area contributed by atoms with Gasteiger partial charge in [-0.05, 0) is 51.4 Å². The highest BCUT2D eigenvalue weighted by molar-refractivity contribution is 7.13. The Morgan fingerprint density at radius 1 is 1.28 bits per heavy atom. The number of ketones is 1. The van der Waals surface area contributed by atoms with Crippen molar-refractivity contribution in [2.24, 2.45) is 5.92 Å². The maximum atomic E-state index is 15.5. The minimum absolute atomic E-state index is 0.0905. The van der Waals surface area contributed by atoms with Gasteiger partial charge >= 0.3 is 6.18 Å². The standard InChI is InChI=1S/C25H33F4N3O3S/c1-17-16-30-22(35-17)15-19(33)14-18-2-6-24(26,7-3-18)8-12-32-10-4-20-21(5-11-32)36-23(31-20)34-13-9-25(27,28)29/h16,18H,2-15H2,1H3. The molecule has 0 saturated heterocycles. The maximum Gasteiger partial charge on any atom is 0.392 e.